The lowest BCUT2D eigenvalue weighted by molar-refractivity contribution is -0.135. The molecule has 1 fully saturated rings. The molecule has 0 spiro atoms. The zero-order valence-electron chi connectivity index (χ0n) is 13.8. The minimum absolute atomic E-state index is 0.0872. The van der Waals surface area contributed by atoms with E-state index >= 15 is 0 Å². The van der Waals surface area contributed by atoms with E-state index in [9.17, 15) is 9.59 Å². The van der Waals surface area contributed by atoms with Gasteiger partial charge in [0.05, 0.1) is 13.2 Å². The van der Waals surface area contributed by atoms with Crippen LogP contribution in [-0.4, -0.2) is 43.0 Å². The van der Waals surface area contributed by atoms with Gasteiger partial charge in [0.1, 0.15) is 5.75 Å². The lowest BCUT2D eigenvalue weighted by atomic mass is 10.2. The van der Waals surface area contributed by atoms with E-state index in [-0.39, 0.29) is 18.4 Å². The van der Waals surface area contributed by atoms with Crippen LogP contribution in [0.15, 0.2) is 24.3 Å². The summed E-state index contributed by atoms with van der Waals surface area (Å²) in [7, 11) is 0. The van der Waals surface area contributed by atoms with Crippen molar-refractivity contribution in [1.29, 1.82) is 0 Å². The van der Waals surface area contributed by atoms with Gasteiger partial charge in [0.2, 0.25) is 11.8 Å². The summed E-state index contributed by atoms with van der Waals surface area (Å²) in [6.45, 7) is 4.02. The second kappa shape index (κ2) is 9.18. The summed E-state index contributed by atoms with van der Waals surface area (Å²) in [5.74, 6) is 0.864. The van der Waals surface area contributed by atoms with Crippen LogP contribution >= 0.6 is 0 Å². The van der Waals surface area contributed by atoms with E-state index in [0.29, 0.717) is 26.1 Å². The van der Waals surface area contributed by atoms with Crippen LogP contribution in [0.4, 0.5) is 0 Å². The van der Waals surface area contributed by atoms with Crippen LogP contribution in [-0.2, 0) is 9.59 Å². The Morgan fingerprint density at radius 2 is 2.17 bits per heavy atom. The highest BCUT2D eigenvalue weighted by Gasteiger charge is 2.18. The van der Waals surface area contributed by atoms with Crippen LogP contribution in [0.3, 0.4) is 0 Å². The number of rotatable bonds is 7. The number of nitrogens with one attached hydrogen (secondary N) is 1. The lowest BCUT2D eigenvalue weighted by Crippen LogP contribution is -2.40. The molecule has 0 bridgehead atoms. The topological polar surface area (TPSA) is 58.6 Å². The molecule has 1 saturated heterocycles. The van der Waals surface area contributed by atoms with Gasteiger partial charge in [-0.2, -0.15) is 0 Å². The van der Waals surface area contributed by atoms with E-state index in [2.05, 4.69) is 5.32 Å². The summed E-state index contributed by atoms with van der Waals surface area (Å²) in [6, 6.07) is 7.90. The van der Waals surface area contributed by atoms with Gasteiger partial charge in [-0.05, 0) is 43.9 Å². The zero-order chi connectivity index (χ0) is 16.5. The van der Waals surface area contributed by atoms with E-state index in [0.717, 1.165) is 37.0 Å². The minimum atomic E-state index is -0.0872. The number of benzene rings is 1. The van der Waals surface area contributed by atoms with Crippen molar-refractivity contribution in [2.24, 2.45) is 0 Å². The second-order valence-corrected chi connectivity index (χ2v) is 5.99. The Morgan fingerprint density at radius 1 is 1.30 bits per heavy atom. The van der Waals surface area contributed by atoms with Crippen molar-refractivity contribution in [2.75, 3.05) is 26.2 Å². The lowest BCUT2D eigenvalue weighted by Gasteiger charge is -2.19. The molecule has 23 heavy (non-hydrogen) atoms. The first-order valence-electron chi connectivity index (χ1n) is 8.39. The summed E-state index contributed by atoms with van der Waals surface area (Å²) < 4.78 is 5.64. The van der Waals surface area contributed by atoms with Crippen molar-refractivity contribution in [2.45, 2.75) is 39.0 Å². The number of aryl methyl sites for hydroxylation is 1. The molecule has 2 amide bonds. The van der Waals surface area contributed by atoms with E-state index in [1.54, 1.807) is 4.90 Å². The first-order chi connectivity index (χ1) is 11.1. The van der Waals surface area contributed by atoms with Crippen molar-refractivity contribution < 1.29 is 14.3 Å². The molecule has 0 unspecified atom stereocenters. The van der Waals surface area contributed by atoms with E-state index < -0.39 is 0 Å². The standard InChI is InChI=1S/C18H26N2O3/c1-15-7-5-8-16(13-15)23-12-6-10-19-17(21)14-20-11-4-2-3-9-18(20)22/h5,7-8,13H,2-4,6,9-12,14H2,1H3,(H,19,21). The molecular weight excluding hydrogens is 292 g/mol. The fourth-order valence-corrected chi connectivity index (χ4v) is 2.63. The van der Waals surface area contributed by atoms with Gasteiger partial charge in [-0.3, -0.25) is 9.59 Å². The molecule has 1 aliphatic rings. The van der Waals surface area contributed by atoms with Crippen molar-refractivity contribution in [3.8, 4) is 5.75 Å². The predicted molar refractivity (Wildman–Crippen MR) is 89.3 cm³/mol. The molecule has 0 aromatic heterocycles. The SMILES string of the molecule is Cc1cccc(OCCCNC(=O)CN2CCCCCC2=O)c1. The van der Waals surface area contributed by atoms with Gasteiger partial charge < -0.3 is 15.0 Å². The molecule has 0 atom stereocenters. The number of ether oxygens (including phenoxy) is 1. The van der Waals surface area contributed by atoms with Crippen LogP contribution in [0.1, 0.15) is 37.7 Å². The van der Waals surface area contributed by atoms with Crippen LogP contribution in [0.2, 0.25) is 0 Å². The number of likely N-dealkylation sites (tertiary alicyclic amines) is 1. The predicted octanol–water partition coefficient (Wildman–Crippen LogP) is 2.28. The van der Waals surface area contributed by atoms with Crippen molar-refractivity contribution in [1.82, 2.24) is 10.2 Å². The van der Waals surface area contributed by atoms with Crippen molar-refractivity contribution >= 4 is 11.8 Å². The van der Waals surface area contributed by atoms with Gasteiger partial charge in [0.25, 0.3) is 0 Å². The average Bonchev–Trinajstić information content (AvgIpc) is 2.72. The first kappa shape index (κ1) is 17.3. The van der Waals surface area contributed by atoms with Crippen LogP contribution in [0.5, 0.6) is 5.75 Å². The van der Waals surface area contributed by atoms with Crippen LogP contribution in [0.25, 0.3) is 0 Å². The molecule has 1 heterocycles. The second-order valence-electron chi connectivity index (χ2n) is 5.99. The monoisotopic (exact) mass is 318 g/mol. The largest absolute Gasteiger partial charge is 0.494 e. The maximum Gasteiger partial charge on any atom is 0.239 e. The minimum Gasteiger partial charge on any atom is -0.494 e. The summed E-state index contributed by atoms with van der Waals surface area (Å²) in [6.07, 6.45) is 4.31. The fraction of sp³-hybridized carbons (Fsp3) is 0.556. The average molecular weight is 318 g/mol. The highest BCUT2D eigenvalue weighted by atomic mass is 16.5. The number of hydrogen-bond acceptors (Lipinski definition) is 3. The molecule has 5 heteroatoms. The third kappa shape index (κ3) is 6.30. The zero-order valence-corrected chi connectivity index (χ0v) is 13.8. The first-order valence-corrected chi connectivity index (χ1v) is 8.39. The van der Waals surface area contributed by atoms with Gasteiger partial charge in [-0.25, -0.2) is 0 Å². The molecule has 126 valence electrons. The Bertz CT molecular complexity index is 531. The van der Waals surface area contributed by atoms with Gasteiger partial charge in [0.15, 0.2) is 0 Å². The summed E-state index contributed by atoms with van der Waals surface area (Å²) in [5.41, 5.74) is 1.16. The molecule has 1 aromatic carbocycles. The Morgan fingerprint density at radius 3 is 3.00 bits per heavy atom. The summed E-state index contributed by atoms with van der Waals surface area (Å²) in [5, 5.41) is 2.86. The number of carbonyl (C=O) groups is 2. The van der Waals surface area contributed by atoms with E-state index in [1.807, 2.05) is 31.2 Å². The van der Waals surface area contributed by atoms with Crippen molar-refractivity contribution in [3.63, 3.8) is 0 Å². The highest BCUT2D eigenvalue weighted by Crippen LogP contribution is 2.12. The smallest absolute Gasteiger partial charge is 0.239 e. The normalized spacial score (nSPS) is 15.2. The molecule has 1 aliphatic heterocycles. The fourth-order valence-electron chi connectivity index (χ4n) is 2.63. The van der Waals surface area contributed by atoms with Gasteiger partial charge >= 0.3 is 0 Å². The molecule has 0 saturated carbocycles. The number of amides is 2. The Labute approximate surface area is 138 Å². The highest BCUT2D eigenvalue weighted by molar-refractivity contribution is 5.84. The Kier molecular flexibility index (Phi) is 6.91. The van der Waals surface area contributed by atoms with Gasteiger partial charge in [0, 0.05) is 19.5 Å². The Hall–Kier alpha value is -2.04. The maximum absolute atomic E-state index is 11.9. The molecule has 0 radical (unpaired) electrons. The number of nitrogens with zero attached hydrogens (tertiary/aromatic N) is 1. The quantitative estimate of drug-likeness (QED) is 0.785. The molecule has 0 aliphatic carbocycles. The number of carbonyl (C=O) groups excluding carboxylic acids is 2. The Balaban J connectivity index is 1.60. The van der Waals surface area contributed by atoms with E-state index in [4.69, 9.17) is 4.74 Å². The molecule has 5 nitrogen and oxygen atoms in total. The summed E-state index contributed by atoms with van der Waals surface area (Å²) >= 11 is 0. The molecular formula is C18H26N2O3. The molecule has 1 aromatic rings. The van der Waals surface area contributed by atoms with Crippen LogP contribution in [0, 0.1) is 6.92 Å². The molecule has 1 N–H and O–H groups in total. The maximum atomic E-state index is 11.9. The third-order valence-corrected chi connectivity index (χ3v) is 3.91. The van der Waals surface area contributed by atoms with Gasteiger partial charge in [-0.15, -0.1) is 0 Å². The number of hydrogen-bond donors (Lipinski definition) is 1. The van der Waals surface area contributed by atoms with Gasteiger partial charge in [-0.1, -0.05) is 18.6 Å². The van der Waals surface area contributed by atoms with E-state index in [1.165, 1.54) is 0 Å². The third-order valence-electron chi connectivity index (χ3n) is 3.91. The van der Waals surface area contributed by atoms with Crippen LogP contribution < -0.4 is 10.1 Å². The van der Waals surface area contributed by atoms with Crippen molar-refractivity contribution in [3.05, 3.63) is 29.8 Å². The summed E-state index contributed by atoms with van der Waals surface area (Å²) in [4.78, 5) is 25.4. The molecule has 2 rings (SSSR count).